The van der Waals surface area contributed by atoms with Crippen molar-refractivity contribution in [2.75, 3.05) is 26.4 Å². The van der Waals surface area contributed by atoms with E-state index >= 15 is 0 Å². The molecule has 0 aliphatic rings. The maximum Gasteiger partial charge on any atom is 0.361 e. The maximum absolute atomic E-state index is 13.0. The van der Waals surface area contributed by atoms with Gasteiger partial charge in [0.25, 0.3) is 0 Å². The van der Waals surface area contributed by atoms with Crippen molar-refractivity contribution in [1.29, 1.82) is 0 Å². The van der Waals surface area contributed by atoms with Crippen molar-refractivity contribution in [2.45, 2.75) is 27.7 Å². The van der Waals surface area contributed by atoms with E-state index in [1.807, 2.05) is 0 Å². The molecule has 4 aromatic rings. The topological polar surface area (TPSA) is 167 Å². The molecule has 0 radical (unpaired) electrons. The van der Waals surface area contributed by atoms with Crippen LogP contribution in [0, 0.1) is 0 Å². The first-order valence-electron chi connectivity index (χ1n) is 12.5. The van der Waals surface area contributed by atoms with E-state index in [1.165, 1.54) is 0 Å². The Bertz CT molecular complexity index is 1480. The Morgan fingerprint density at radius 2 is 0.975 bits per heavy atom. The Morgan fingerprint density at radius 1 is 0.600 bits per heavy atom. The Morgan fingerprint density at radius 3 is 1.35 bits per heavy atom. The summed E-state index contributed by atoms with van der Waals surface area (Å²) in [7, 11) is 0. The minimum absolute atomic E-state index is 0.0333. The first-order chi connectivity index (χ1) is 19.4. The van der Waals surface area contributed by atoms with E-state index in [1.54, 1.807) is 64.1 Å². The average molecular weight is 551 g/mol. The van der Waals surface area contributed by atoms with Crippen molar-refractivity contribution < 1.29 is 38.1 Å². The fraction of sp³-hybridized carbons (Fsp3) is 0.308. The smallest absolute Gasteiger partial charge is 0.361 e. The maximum atomic E-state index is 13.0. The van der Waals surface area contributed by atoms with Crippen LogP contribution >= 0.6 is 0 Å². The third kappa shape index (κ3) is 5.10. The largest absolute Gasteiger partial charge is 0.461 e. The summed E-state index contributed by atoms with van der Waals surface area (Å²) in [5, 5.41) is 17.0. The number of fused-ring (bicyclic) bond motifs is 1. The van der Waals surface area contributed by atoms with Gasteiger partial charge in [-0.15, -0.1) is 10.2 Å². The van der Waals surface area contributed by atoms with Gasteiger partial charge in [0, 0.05) is 5.39 Å². The van der Waals surface area contributed by atoms with E-state index in [-0.39, 0.29) is 49.2 Å². The van der Waals surface area contributed by atoms with Crippen LogP contribution in [0.5, 0.6) is 0 Å². The normalized spacial score (nSPS) is 10.8. The van der Waals surface area contributed by atoms with Crippen molar-refractivity contribution in [2.24, 2.45) is 0 Å². The molecule has 0 saturated carbocycles. The average Bonchev–Trinajstić information content (AvgIpc) is 3.58. The van der Waals surface area contributed by atoms with Gasteiger partial charge in [-0.25, -0.2) is 28.5 Å². The fourth-order valence-electron chi connectivity index (χ4n) is 3.99. The minimum Gasteiger partial charge on any atom is -0.461 e. The summed E-state index contributed by atoms with van der Waals surface area (Å²) in [6, 6.07) is 10.2. The molecule has 40 heavy (non-hydrogen) atoms. The van der Waals surface area contributed by atoms with Crippen LogP contribution in [0.2, 0.25) is 0 Å². The van der Waals surface area contributed by atoms with Gasteiger partial charge >= 0.3 is 23.9 Å². The van der Waals surface area contributed by atoms with Gasteiger partial charge in [-0.05, 0) is 45.2 Å². The Balaban J connectivity index is 2.02. The molecule has 0 aliphatic heterocycles. The van der Waals surface area contributed by atoms with Crippen molar-refractivity contribution in [3.8, 4) is 11.4 Å². The number of esters is 4. The van der Waals surface area contributed by atoms with Crippen molar-refractivity contribution >= 4 is 34.6 Å². The van der Waals surface area contributed by atoms with Gasteiger partial charge in [0.15, 0.2) is 11.4 Å². The summed E-state index contributed by atoms with van der Waals surface area (Å²) < 4.78 is 22.8. The van der Waals surface area contributed by atoms with Crippen LogP contribution < -0.4 is 0 Å². The number of carbonyl (C=O) groups excluding carboxylic acids is 4. The number of nitrogens with zero attached hydrogens (tertiary/aromatic N) is 6. The van der Waals surface area contributed by atoms with Crippen LogP contribution in [0.25, 0.3) is 22.1 Å². The third-order valence-electron chi connectivity index (χ3n) is 5.53. The molecule has 14 nitrogen and oxygen atoms in total. The van der Waals surface area contributed by atoms with Crippen molar-refractivity contribution in [3.05, 3.63) is 59.2 Å². The minimum atomic E-state index is -0.850. The molecule has 208 valence electrons. The number of carbonyl (C=O) groups is 4. The van der Waals surface area contributed by atoms with Gasteiger partial charge < -0.3 is 18.9 Å². The summed E-state index contributed by atoms with van der Waals surface area (Å²) in [5.74, 6) is -3.39. The van der Waals surface area contributed by atoms with Gasteiger partial charge in [0.1, 0.15) is 0 Å². The quantitative estimate of drug-likeness (QED) is 0.209. The van der Waals surface area contributed by atoms with E-state index < -0.39 is 23.9 Å². The predicted molar refractivity (Wildman–Crippen MR) is 138 cm³/mol. The van der Waals surface area contributed by atoms with E-state index in [9.17, 15) is 19.2 Å². The molecular formula is C26H26N6O8. The number of ether oxygens (including phenoxy) is 4. The standard InChI is InChI=1S/C26H26N6O8/c1-5-37-23(33)19-21(25(35)39-7-3)31(29-27-19)16-13-9-11-15-12-10-14-17(18(15)16)32-22(26(36)40-8-4)20(28-30-32)24(34)38-6-2/h9-14H,5-8H2,1-4H3. The molecule has 0 amide bonds. The van der Waals surface area contributed by atoms with Crippen LogP contribution in [0.1, 0.15) is 69.6 Å². The Kier molecular flexibility index (Phi) is 8.47. The lowest BCUT2D eigenvalue weighted by Crippen LogP contribution is -2.19. The monoisotopic (exact) mass is 550 g/mol. The first kappa shape index (κ1) is 27.9. The summed E-state index contributed by atoms with van der Waals surface area (Å²) in [5.41, 5.74) is -0.567. The molecule has 2 heterocycles. The second-order valence-corrected chi connectivity index (χ2v) is 7.93. The molecule has 0 fully saturated rings. The molecule has 4 rings (SSSR count). The van der Waals surface area contributed by atoms with Crippen LogP contribution in [0.4, 0.5) is 0 Å². The summed E-state index contributed by atoms with van der Waals surface area (Å²) in [6.45, 7) is 6.65. The highest BCUT2D eigenvalue weighted by atomic mass is 16.5. The van der Waals surface area contributed by atoms with E-state index in [4.69, 9.17) is 18.9 Å². The highest BCUT2D eigenvalue weighted by Gasteiger charge is 2.32. The first-order valence-corrected chi connectivity index (χ1v) is 12.5. The zero-order chi connectivity index (χ0) is 28.8. The molecule has 14 heteroatoms. The van der Waals surface area contributed by atoms with E-state index in [2.05, 4.69) is 20.6 Å². The molecule has 0 N–H and O–H groups in total. The molecule has 0 unspecified atom stereocenters. The van der Waals surface area contributed by atoms with Gasteiger partial charge in [0.2, 0.25) is 11.4 Å². The second kappa shape index (κ2) is 12.1. The lowest BCUT2D eigenvalue weighted by molar-refractivity contribution is 0.0469. The molecule has 0 bridgehead atoms. The SMILES string of the molecule is CCOC(=O)c1nnn(-c2cccc3cccc(-n4nnc(C(=O)OCC)c4C(=O)OCC)c23)c1C(=O)OCC. The molecule has 0 atom stereocenters. The number of aromatic nitrogens is 6. The van der Waals surface area contributed by atoms with Gasteiger partial charge in [0.05, 0.1) is 37.8 Å². The highest BCUT2D eigenvalue weighted by Crippen LogP contribution is 2.31. The van der Waals surface area contributed by atoms with Crippen LogP contribution in [0.15, 0.2) is 36.4 Å². The molecule has 0 aliphatic carbocycles. The number of benzene rings is 2. The summed E-state index contributed by atoms with van der Waals surface area (Å²) >= 11 is 0. The van der Waals surface area contributed by atoms with Crippen LogP contribution in [-0.4, -0.2) is 80.3 Å². The zero-order valence-electron chi connectivity index (χ0n) is 22.2. The predicted octanol–water partition coefficient (Wildman–Crippen LogP) is 2.71. The fourth-order valence-corrected chi connectivity index (χ4v) is 3.99. The molecule has 0 saturated heterocycles. The number of hydrogen-bond acceptors (Lipinski definition) is 12. The van der Waals surface area contributed by atoms with Crippen molar-refractivity contribution in [3.63, 3.8) is 0 Å². The molecule has 2 aromatic carbocycles. The molecule has 2 aromatic heterocycles. The Hall–Kier alpha value is -5.14. The van der Waals surface area contributed by atoms with E-state index in [0.29, 0.717) is 22.1 Å². The summed E-state index contributed by atoms with van der Waals surface area (Å²) in [4.78, 5) is 51.2. The number of rotatable bonds is 10. The Labute approximate surface area is 227 Å². The highest BCUT2D eigenvalue weighted by molar-refractivity contribution is 6.04. The van der Waals surface area contributed by atoms with Gasteiger partial charge in [-0.3, -0.25) is 0 Å². The lowest BCUT2D eigenvalue weighted by Gasteiger charge is -2.14. The molecular weight excluding hydrogens is 524 g/mol. The molecule has 0 spiro atoms. The second-order valence-electron chi connectivity index (χ2n) is 7.93. The van der Waals surface area contributed by atoms with Gasteiger partial charge in [-0.2, -0.15) is 0 Å². The lowest BCUT2D eigenvalue weighted by atomic mass is 10.1. The third-order valence-corrected chi connectivity index (χ3v) is 5.53. The van der Waals surface area contributed by atoms with E-state index in [0.717, 1.165) is 9.36 Å². The summed E-state index contributed by atoms with van der Waals surface area (Å²) in [6.07, 6.45) is 0. The number of hydrogen-bond donors (Lipinski definition) is 0. The van der Waals surface area contributed by atoms with Crippen LogP contribution in [0.3, 0.4) is 0 Å². The van der Waals surface area contributed by atoms with Gasteiger partial charge in [-0.1, -0.05) is 34.7 Å². The van der Waals surface area contributed by atoms with Crippen LogP contribution in [-0.2, 0) is 18.9 Å². The van der Waals surface area contributed by atoms with Crippen molar-refractivity contribution in [1.82, 2.24) is 30.0 Å². The zero-order valence-corrected chi connectivity index (χ0v) is 22.2.